The lowest BCUT2D eigenvalue weighted by atomic mass is 10.3. The van der Waals surface area contributed by atoms with Crippen molar-refractivity contribution >= 4 is 11.6 Å². The zero-order chi connectivity index (χ0) is 7.94. The molecule has 1 aromatic rings. The summed E-state index contributed by atoms with van der Waals surface area (Å²) in [7, 11) is 0. The Balaban J connectivity index is 2.28. The maximum absolute atomic E-state index is 5.48. The van der Waals surface area contributed by atoms with Gasteiger partial charge in [0.1, 0.15) is 5.75 Å². The van der Waals surface area contributed by atoms with Gasteiger partial charge < -0.3 is 4.74 Å². The molecule has 0 saturated carbocycles. The van der Waals surface area contributed by atoms with Crippen molar-refractivity contribution in [3.05, 3.63) is 30.3 Å². The highest BCUT2D eigenvalue weighted by atomic mass is 35.5. The summed E-state index contributed by atoms with van der Waals surface area (Å²) >= 11 is 5.48. The van der Waals surface area contributed by atoms with Gasteiger partial charge in [0.05, 0.1) is 6.61 Å². The second-order valence-corrected chi connectivity index (χ2v) is 2.51. The van der Waals surface area contributed by atoms with Crippen LogP contribution in [0.3, 0.4) is 0 Å². The average Bonchev–Trinajstić information content (AvgIpc) is 2.07. The highest BCUT2D eigenvalue weighted by Crippen LogP contribution is 2.07. The van der Waals surface area contributed by atoms with Gasteiger partial charge in [0.25, 0.3) is 0 Å². The molecule has 0 aliphatic carbocycles. The van der Waals surface area contributed by atoms with Gasteiger partial charge in [-0.25, -0.2) is 0 Å². The number of rotatable bonds is 4. The predicted molar refractivity (Wildman–Crippen MR) is 46.1 cm³/mol. The lowest BCUT2D eigenvalue weighted by molar-refractivity contribution is 0.318. The molecule has 0 spiro atoms. The molecule has 0 aliphatic heterocycles. The Bertz CT molecular complexity index is 186. The Morgan fingerprint density at radius 1 is 1.55 bits per heavy atom. The van der Waals surface area contributed by atoms with E-state index in [-0.39, 0.29) is 0 Å². The van der Waals surface area contributed by atoms with Crippen LogP contribution < -0.4 is 4.74 Å². The van der Waals surface area contributed by atoms with E-state index in [9.17, 15) is 0 Å². The van der Waals surface area contributed by atoms with Crippen molar-refractivity contribution in [3.63, 3.8) is 0 Å². The van der Waals surface area contributed by atoms with E-state index in [0.717, 1.165) is 12.2 Å². The minimum atomic E-state index is 0.649. The average molecular weight is 170 g/mol. The molecule has 59 valence electrons. The van der Waals surface area contributed by atoms with Gasteiger partial charge in [0.2, 0.25) is 0 Å². The minimum Gasteiger partial charge on any atom is -0.494 e. The number of alkyl halides is 1. The molecule has 0 bridgehead atoms. The zero-order valence-electron chi connectivity index (χ0n) is 6.22. The molecular weight excluding hydrogens is 160 g/mol. The molecule has 1 rings (SSSR count). The topological polar surface area (TPSA) is 9.23 Å². The Morgan fingerprint density at radius 3 is 3.09 bits per heavy atom. The molecule has 0 N–H and O–H groups in total. The highest BCUT2D eigenvalue weighted by Gasteiger charge is 1.89. The second kappa shape index (κ2) is 5.03. The number of benzene rings is 1. The van der Waals surface area contributed by atoms with Gasteiger partial charge in [-0.1, -0.05) is 12.1 Å². The largest absolute Gasteiger partial charge is 0.494 e. The number of ether oxygens (including phenoxy) is 1. The molecule has 2 heteroatoms. The van der Waals surface area contributed by atoms with Crippen molar-refractivity contribution in [3.8, 4) is 5.75 Å². The van der Waals surface area contributed by atoms with Crippen molar-refractivity contribution < 1.29 is 4.74 Å². The van der Waals surface area contributed by atoms with Crippen molar-refractivity contribution in [2.45, 2.75) is 6.42 Å². The summed E-state index contributed by atoms with van der Waals surface area (Å²) in [6, 6.07) is 10.4. The lowest BCUT2D eigenvalue weighted by Crippen LogP contribution is -1.96. The van der Waals surface area contributed by atoms with E-state index in [2.05, 4.69) is 6.07 Å². The summed E-state index contributed by atoms with van der Waals surface area (Å²) in [4.78, 5) is 0. The van der Waals surface area contributed by atoms with Crippen LogP contribution >= 0.6 is 11.6 Å². The van der Waals surface area contributed by atoms with Crippen LogP contribution in [0.25, 0.3) is 0 Å². The van der Waals surface area contributed by atoms with Crippen LogP contribution in [0.5, 0.6) is 5.75 Å². The predicted octanol–water partition coefficient (Wildman–Crippen LogP) is 2.49. The summed E-state index contributed by atoms with van der Waals surface area (Å²) in [6.45, 7) is 0.682. The third-order valence-corrected chi connectivity index (χ3v) is 1.49. The molecule has 0 atom stereocenters. The first-order valence-corrected chi connectivity index (χ1v) is 4.12. The fourth-order valence-electron chi connectivity index (χ4n) is 0.711. The molecule has 0 saturated heterocycles. The first-order valence-electron chi connectivity index (χ1n) is 3.58. The third kappa shape index (κ3) is 3.28. The van der Waals surface area contributed by atoms with Gasteiger partial charge in [-0.15, -0.1) is 11.6 Å². The number of hydrogen-bond acceptors (Lipinski definition) is 1. The molecule has 0 unspecified atom stereocenters. The van der Waals surface area contributed by atoms with Crippen LogP contribution in [0.15, 0.2) is 24.3 Å². The lowest BCUT2D eigenvalue weighted by Gasteiger charge is -2.02. The normalized spacial score (nSPS) is 9.55. The van der Waals surface area contributed by atoms with Crippen LogP contribution in [0.2, 0.25) is 0 Å². The van der Waals surface area contributed by atoms with E-state index in [1.807, 2.05) is 24.3 Å². The van der Waals surface area contributed by atoms with Crippen molar-refractivity contribution in [1.29, 1.82) is 0 Å². The van der Waals surface area contributed by atoms with E-state index in [1.165, 1.54) is 0 Å². The van der Waals surface area contributed by atoms with Crippen LogP contribution in [0.1, 0.15) is 6.42 Å². The van der Waals surface area contributed by atoms with Crippen LogP contribution in [0.4, 0.5) is 0 Å². The Hall–Kier alpha value is -0.690. The molecule has 1 radical (unpaired) electrons. The van der Waals surface area contributed by atoms with Crippen LogP contribution in [0, 0.1) is 6.07 Å². The first kappa shape index (κ1) is 8.41. The van der Waals surface area contributed by atoms with Gasteiger partial charge in [-0.05, 0) is 24.6 Å². The van der Waals surface area contributed by atoms with Gasteiger partial charge in [-0.3, -0.25) is 0 Å². The molecule has 11 heavy (non-hydrogen) atoms. The highest BCUT2D eigenvalue weighted by molar-refractivity contribution is 6.17. The van der Waals surface area contributed by atoms with Gasteiger partial charge in [-0.2, -0.15) is 0 Å². The Morgan fingerprint density at radius 2 is 2.45 bits per heavy atom. The smallest absolute Gasteiger partial charge is 0.119 e. The standard InChI is InChI=1S/C9H10ClO/c10-7-4-8-11-9-5-2-1-3-6-9/h1-2,5-6H,4,7-8H2. The van der Waals surface area contributed by atoms with E-state index in [1.54, 1.807) is 0 Å². The quantitative estimate of drug-likeness (QED) is 0.497. The molecular formula is C9H10ClO. The summed E-state index contributed by atoms with van der Waals surface area (Å²) in [5.41, 5.74) is 0. The van der Waals surface area contributed by atoms with Gasteiger partial charge in [0, 0.05) is 5.88 Å². The molecule has 0 aromatic heterocycles. The van der Waals surface area contributed by atoms with E-state index >= 15 is 0 Å². The zero-order valence-corrected chi connectivity index (χ0v) is 6.97. The summed E-state index contributed by atoms with van der Waals surface area (Å²) < 4.78 is 5.33. The number of halogens is 1. The maximum atomic E-state index is 5.48. The molecule has 1 nitrogen and oxygen atoms in total. The number of hydrogen-bond donors (Lipinski definition) is 0. The minimum absolute atomic E-state index is 0.649. The maximum Gasteiger partial charge on any atom is 0.119 e. The van der Waals surface area contributed by atoms with Crippen molar-refractivity contribution in [2.24, 2.45) is 0 Å². The SMILES string of the molecule is ClCCCOc1c[c]ccc1. The fraction of sp³-hybridized carbons (Fsp3) is 0.333. The van der Waals surface area contributed by atoms with E-state index in [0.29, 0.717) is 12.5 Å². The van der Waals surface area contributed by atoms with E-state index in [4.69, 9.17) is 16.3 Å². The Labute approximate surface area is 71.9 Å². The molecule has 0 amide bonds. The van der Waals surface area contributed by atoms with Crippen LogP contribution in [-0.2, 0) is 0 Å². The molecule has 1 aromatic carbocycles. The summed E-state index contributed by atoms with van der Waals surface area (Å²) in [6.07, 6.45) is 0.885. The third-order valence-electron chi connectivity index (χ3n) is 1.23. The van der Waals surface area contributed by atoms with Gasteiger partial charge >= 0.3 is 0 Å². The van der Waals surface area contributed by atoms with Crippen LogP contribution in [-0.4, -0.2) is 12.5 Å². The fourth-order valence-corrected chi connectivity index (χ4v) is 0.820. The van der Waals surface area contributed by atoms with Gasteiger partial charge in [0.15, 0.2) is 0 Å². The second-order valence-electron chi connectivity index (χ2n) is 2.13. The molecule has 0 fully saturated rings. The summed E-state index contributed by atoms with van der Waals surface area (Å²) in [5, 5.41) is 0. The molecule has 0 heterocycles. The van der Waals surface area contributed by atoms with Crippen molar-refractivity contribution in [2.75, 3.05) is 12.5 Å². The van der Waals surface area contributed by atoms with E-state index < -0.39 is 0 Å². The van der Waals surface area contributed by atoms with Crippen molar-refractivity contribution in [1.82, 2.24) is 0 Å². The first-order chi connectivity index (χ1) is 5.43. The summed E-state index contributed by atoms with van der Waals surface area (Å²) in [5.74, 6) is 1.51. The molecule has 0 aliphatic rings. The monoisotopic (exact) mass is 169 g/mol. The Kier molecular flexibility index (Phi) is 3.84.